The van der Waals surface area contributed by atoms with Crippen molar-refractivity contribution < 1.29 is 13.9 Å². The zero-order chi connectivity index (χ0) is 20.4. The van der Waals surface area contributed by atoms with Gasteiger partial charge in [-0.3, -0.25) is 0 Å². The predicted molar refractivity (Wildman–Crippen MR) is 113 cm³/mol. The van der Waals surface area contributed by atoms with Crippen molar-refractivity contribution >= 4 is 50.6 Å². The van der Waals surface area contributed by atoms with E-state index in [0.717, 1.165) is 31.2 Å². The number of esters is 1. The number of oxazole rings is 1. The fourth-order valence-electron chi connectivity index (χ4n) is 3.38. The Hall–Kier alpha value is -2.82. The topological polar surface area (TPSA) is 88.1 Å². The monoisotopic (exact) mass is 427 g/mol. The second-order valence-electron chi connectivity index (χ2n) is 6.58. The summed E-state index contributed by atoms with van der Waals surface area (Å²) in [7, 11) is 0. The first-order valence-corrected chi connectivity index (χ1v) is 10.5. The van der Waals surface area contributed by atoms with Gasteiger partial charge in [0.05, 0.1) is 12.2 Å². The molecule has 1 aliphatic carbocycles. The van der Waals surface area contributed by atoms with Crippen molar-refractivity contribution in [1.29, 1.82) is 5.26 Å². The molecule has 4 rings (SSSR count). The van der Waals surface area contributed by atoms with Crippen molar-refractivity contribution in [3.63, 3.8) is 0 Å². The number of hydrogen-bond donors (Lipinski definition) is 1. The van der Waals surface area contributed by atoms with Crippen LogP contribution in [0.4, 0.5) is 5.00 Å². The lowest BCUT2D eigenvalue weighted by Gasteiger charge is -2.12. The molecule has 1 aliphatic rings. The van der Waals surface area contributed by atoms with Crippen LogP contribution >= 0.6 is 22.9 Å². The fraction of sp³-hybridized carbons (Fsp3) is 0.286. The molecule has 6 nitrogen and oxygen atoms in total. The van der Waals surface area contributed by atoms with Gasteiger partial charge >= 0.3 is 5.97 Å². The van der Waals surface area contributed by atoms with Crippen LogP contribution < -0.4 is 5.32 Å². The zero-order valence-corrected chi connectivity index (χ0v) is 17.3. The van der Waals surface area contributed by atoms with Gasteiger partial charge in [0.2, 0.25) is 5.89 Å². The van der Waals surface area contributed by atoms with Crippen LogP contribution in [-0.2, 0) is 17.6 Å². The van der Waals surface area contributed by atoms with Gasteiger partial charge in [-0.1, -0.05) is 11.6 Å². The summed E-state index contributed by atoms with van der Waals surface area (Å²) in [5.74, 6) is -0.144. The number of aryl methyl sites for hydroxylation is 1. The van der Waals surface area contributed by atoms with E-state index in [4.69, 9.17) is 20.8 Å². The number of nitriles is 1. The van der Waals surface area contributed by atoms with Crippen LogP contribution in [0.15, 0.2) is 28.8 Å². The van der Waals surface area contributed by atoms with Gasteiger partial charge in [0.25, 0.3) is 0 Å². The number of anilines is 1. The first-order valence-electron chi connectivity index (χ1n) is 9.35. The first-order chi connectivity index (χ1) is 14.1. The number of hydrogen-bond acceptors (Lipinski definition) is 7. The predicted octanol–water partition coefficient (Wildman–Crippen LogP) is 5.57. The normalized spacial score (nSPS) is 13.8. The lowest BCUT2D eigenvalue weighted by atomic mass is 9.95. The van der Waals surface area contributed by atoms with E-state index in [0.29, 0.717) is 33.3 Å². The highest BCUT2D eigenvalue weighted by atomic mass is 35.5. The third-order valence-corrected chi connectivity index (χ3v) is 6.16. The zero-order valence-electron chi connectivity index (χ0n) is 15.8. The molecule has 29 heavy (non-hydrogen) atoms. The maximum atomic E-state index is 12.5. The van der Waals surface area contributed by atoms with Gasteiger partial charge in [0.1, 0.15) is 22.2 Å². The molecule has 0 amide bonds. The number of carbonyl (C=O) groups is 1. The van der Waals surface area contributed by atoms with Crippen molar-refractivity contribution in [2.24, 2.45) is 0 Å². The number of fused-ring (bicyclic) bond motifs is 2. The molecule has 2 heterocycles. The lowest BCUT2D eigenvalue weighted by Crippen LogP contribution is -2.10. The highest BCUT2D eigenvalue weighted by molar-refractivity contribution is 7.16. The summed E-state index contributed by atoms with van der Waals surface area (Å²) in [5, 5.41) is 13.9. The molecule has 0 saturated carbocycles. The lowest BCUT2D eigenvalue weighted by molar-refractivity contribution is 0.0526. The number of carbonyl (C=O) groups excluding carboxylic acids is 1. The molecule has 0 spiro atoms. The van der Waals surface area contributed by atoms with E-state index in [9.17, 15) is 10.1 Å². The molecule has 8 heteroatoms. The molecule has 0 fully saturated rings. The Balaban J connectivity index is 1.68. The number of aromatic nitrogens is 1. The minimum atomic E-state index is -0.335. The van der Waals surface area contributed by atoms with Crippen molar-refractivity contribution in [3.05, 3.63) is 51.3 Å². The summed E-state index contributed by atoms with van der Waals surface area (Å²) < 4.78 is 10.9. The number of rotatable bonds is 5. The molecule has 0 atom stereocenters. The van der Waals surface area contributed by atoms with Crippen LogP contribution in [0, 0.1) is 11.3 Å². The van der Waals surface area contributed by atoms with Crippen LogP contribution in [0.3, 0.4) is 0 Å². The average Bonchev–Trinajstić information content (AvgIpc) is 3.29. The standard InChI is InChI=1S/C21H18ClN3O3S/c1-2-27-21(26)18-14-5-3-4-6-17(14)29-20(18)24-11-12(10-23)19-25-15-9-13(22)7-8-16(15)28-19/h7-9,11,24H,2-6H2,1H3. The summed E-state index contributed by atoms with van der Waals surface area (Å²) in [5.41, 5.74) is 2.98. The average molecular weight is 428 g/mol. The van der Waals surface area contributed by atoms with E-state index < -0.39 is 0 Å². The molecule has 148 valence electrons. The van der Waals surface area contributed by atoms with E-state index >= 15 is 0 Å². The summed E-state index contributed by atoms with van der Waals surface area (Å²) in [6.45, 7) is 2.10. The quantitative estimate of drug-likeness (QED) is 0.422. The largest absolute Gasteiger partial charge is 0.462 e. The Labute approximate surface area is 176 Å². The number of ether oxygens (including phenoxy) is 1. The third-order valence-electron chi connectivity index (χ3n) is 4.70. The second kappa shape index (κ2) is 8.27. The van der Waals surface area contributed by atoms with Crippen molar-refractivity contribution in [2.75, 3.05) is 11.9 Å². The van der Waals surface area contributed by atoms with Crippen LogP contribution in [-0.4, -0.2) is 17.6 Å². The van der Waals surface area contributed by atoms with Crippen LogP contribution in [0.1, 0.15) is 46.5 Å². The number of allylic oxidation sites excluding steroid dienone is 1. The van der Waals surface area contributed by atoms with E-state index in [-0.39, 0.29) is 17.4 Å². The van der Waals surface area contributed by atoms with Gasteiger partial charge in [-0.05, 0) is 56.4 Å². The molecular formula is C21H18ClN3O3S. The Kier molecular flexibility index (Phi) is 5.56. The molecule has 3 aromatic rings. The molecule has 2 aromatic heterocycles. The van der Waals surface area contributed by atoms with Gasteiger partial charge in [0.15, 0.2) is 5.58 Å². The summed E-state index contributed by atoms with van der Waals surface area (Å²) in [6, 6.07) is 7.19. The Morgan fingerprint density at radius 2 is 2.28 bits per heavy atom. The molecule has 1 N–H and O–H groups in total. The Bertz CT molecular complexity index is 1160. The van der Waals surface area contributed by atoms with Gasteiger partial charge in [-0.2, -0.15) is 5.26 Å². The highest BCUT2D eigenvalue weighted by Gasteiger charge is 2.26. The van der Waals surface area contributed by atoms with Crippen molar-refractivity contribution in [2.45, 2.75) is 32.6 Å². The first kappa shape index (κ1) is 19.5. The minimum absolute atomic E-state index is 0.191. The molecule has 1 aromatic carbocycles. The molecule has 0 radical (unpaired) electrons. The maximum absolute atomic E-state index is 12.5. The SMILES string of the molecule is CCOC(=O)c1c(NC=C(C#N)c2nc3cc(Cl)ccc3o2)sc2c1CCCC2. The van der Waals surface area contributed by atoms with E-state index in [1.54, 1.807) is 25.1 Å². The van der Waals surface area contributed by atoms with Crippen molar-refractivity contribution in [1.82, 2.24) is 4.98 Å². The summed E-state index contributed by atoms with van der Waals surface area (Å²) in [6.07, 6.45) is 5.50. The Morgan fingerprint density at radius 1 is 1.45 bits per heavy atom. The molecular weight excluding hydrogens is 410 g/mol. The van der Waals surface area contributed by atoms with E-state index in [1.165, 1.54) is 22.4 Å². The number of benzene rings is 1. The van der Waals surface area contributed by atoms with Gasteiger partial charge < -0.3 is 14.5 Å². The van der Waals surface area contributed by atoms with Crippen LogP contribution in [0.25, 0.3) is 16.7 Å². The van der Waals surface area contributed by atoms with Gasteiger partial charge in [-0.15, -0.1) is 11.3 Å². The van der Waals surface area contributed by atoms with Gasteiger partial charge in [-0.25, -0.2) is 9.78 Å². The number of halogens is 1. The Morgan fingerprint density at radius 3 is 3.07 bits per heavy atom. The molecule has 0 aliphatic heterocycles. The number of nitrogens with one attached hydrogen (secondary N) is 1. The molecule has 0 unspecified atom stereocenters. The molecule has 0 bridgehead atoms. The van der Waals surface area contributed by atoms with Crippen molar-refractivity contribution in [3.8, 4) is 6.07 Å². The van der Waals surface area contributed by atoms with Gasteiger partial charge in [0, 0.05) is 16.1 Å². The number of nitrogens with zero attached hydrogens (tertiary/aromatic N) is 2. The molecule has 0 saturated heterocycles. The second-order valence-corrected chi connectivity index (χ2v) is 8.12. The van der Waals surface area contributed by atoms with Crippen LogP contribution in [0.5, 0.6) is 0 Å². The van der Waals surface area contributed by atoms with Crippen LogP contribution in [0.2, 0.25) is 5.02 Å². The highest BCUT2D eigenvalue weighted by Crippen LogP contribution is 2.39. The summed E-state index contributed by atoms with van der Waals surface area (Å²) >= 11 is 7.53. The van der Waals surface area contributed by atoms with E-state index in [1.807, 2.05) is 0 Å². The van der Waals surface area contributed by atoms with E-state index in [2.05, 4.69) is 16.4 Å². The fourth-order valence-corrected chi connectivity index (χ4v) is 4.80. The number of thiophene rings is 1. The minimum Gasteiger partial charge on any atom is -0.462 e. The smallest absolute Gasteiger partial charge is 0.341 e. The summed E-state index contributed by atoms with van der Waals surface area (Å²) in [4.78, 5) is 18.1. The third kappa shape index (κ3) is 3.86. The maximum Gasteiger partial charge on any atom is 0.341 e.